The van der Waals surface area contributed by atoms with Crippen molar-refractivity contribution in [2.45, 2.75) is 84.0 Å². The maximum absolute atomic E-state index is 13.3. The van der Waals surface area contributed by atoms with E-state index in [1.54, 1.807) is 20.8 Å². The number of carbonyl (C=O) groups is 4. The van der Waals surface area contributed by atoms with Crippen LogP contribution in [-0.4, -0.2) is 59.0 Å². The molecule has 0 bridgehead atoms. The lowest BCUT2D eigenvalue weighted by Crippen LogP contribution is -2.57. The number of benzene rings is 1. The Kier molecular flexibility index (Phi) is 10.1. The number of carbonyl (C=O) groups excluding carboxylic acids is 4. The highest BCUT2D eigenvalue weighted by Crippen LogP contribution is 2.21. The summed E-state index contributed by atoms with van der Waals surface area (Å²) in [6, 6.07) is 6.72. The van der Waals surface area contributed by atoms with Crippen molar-refractivity contribution < 1.29 is 23.9 Å². The van der Waals surface area contributed by atoms with E-state index in [-0.39, 0.29) is 12.3 Å². The van der Waals surface area contributed by atoms with Crippen LogP contribution in [0.25, 0.3) is 0 Å². The van der Waals surface area contributed by atoms with Crippen LogP contribution in [0, 0.1) is 5.92 Å². The molecule has 194 valence electrons. The monoisotopic (exact) mass is 489 g/mol. The normalized spacial score (nSPS) is 17.5. The Hall–Kier alpha value is -3.14. The van der Waals surface area contributed by atoms with E-state index in [4.69, 9.17) is 10.6 Å². The van der Waals surface area contributed by atoms with Crippen LogP contribution in [0.4, 0.5) is 4.79 Å². The quantitative estimate of drug-likeness (QED) is 0.236. The number of nitrogens with zero attached hydrogens (tertiary/aromatic N) is 1. The predicted molar refractivity (Wildman–Crippen MR) is 132 cm³/mol. The second kappa shape index (κ2) is 12.5. The number of hydrazine groups is 1. The van der Waals surface area contributed by atoms with Crippen LogP contribution in [0.5, 0.6) is 0 Å². The summed E-state index contributed by atoms with van der Waals surface area (Å²) in [5.74, 6) is 3.98. The summed E-state index contributed by atoms with van der Waals surface area (Å²) in [5, 5.41) is 5.54. The molecule has 1 fully saturated rings. The standard InChI is InChI=1S/C25H39N5O5/c1-16(2)14-18(22(32)29-26)27-21(31)19(15-17-10-7-6-8-11-17)28-23(33)20-12-9-13-30(20)24(34)35-25(3,4)5/h6-8,10-11,16,18-20H,9,12-15,26H2,1-5H3,(H,27,31)(H,28,33)(H,29,32)/t18-,19-,20?/m0/s1. The maximum atomic E-state index is 13.3. The minimum atomic E-state index is -0.953. The number of hydrogen-bond donors (Lipinski definition) is 4. The van der Waals surface area contributed by atoms with E-state index >= 15 is 0 Å². The lowest BCUT2D eigenvalue weighted by Gasteiger charge is -2.29. The molecule has 1 heterocycles. The Balaban J connectivity index is 2.20. The number of nitrogens with one attached hydrogen (secondary N) is 3. The van der Waals surface area contributed by atoms with E-state index in [0.717, 1.165) is 5.56 Å². The number of likely N-dealkylation sites (tertiary alicyclic amines) is 1. The topological polar surface area (TPSA) is 143 Å². The van der Waals surface area contributed by atoms with E-state index in [9.17, 15) is 19.2 Å². The van der Waals surface area contributed by atoms with Crippen molar-refractivity contribution in [1.29, 1.82) is 0 Å². The van der Waals surface area contributed by atoms with Crippen LogP contribution in [-0.2, 0) is 25.5 Å². The Morgan fingerprint density at radius 2 is 1.71 bits per heavy atom. The molecule has 10 heteroatoms. The number of hydrogen-bond acceptors (Lipinski definition) is 6. The molecule has 1 aliphatic heterocycles. The van der Waals surface area contributed by atoms with E-state index < -0.39 is 47.5 Å². The summed E-state index contributed by atoms with van der Waals surface area (Å²) < 4.78 is 5.45. The van der Waals surface area contributed by atoms with Gasteiger partial charge < -0.3 is 15.4 Å². The highest BCUT2D eigenvalue weighted by atomic mass is 16.6. The lowest BCUT2D eigenvalue weighted by molar-refractivity contribution is -0.133. The molecule has 1 aliphatic rings. The summed E-state index contributed by atoms with van der Waals surface area (Å²) in [6.07, 6.45) is 1.17. The molecule has 1 aromatic rings. The molecular formula is C25H39N5O5. The van der Waals surface area contributed by atoms with Gasteiger partial charge in [0.15, 0.2) is 0 Å². The third kappa shape index (κ3) is 8.86. The number of ether oxygens (including phenoxy) is 1. The van der Waals surface area contributed by atoms with Gasteiger partial charge in [0.25, 0.3) is 5.91 Å². The Morgan fingerprint density at radius 3 is 2.29 bits per heavy atom. The van der Waals surface area contributed by atoms with Gasteiger partial charge in [0.1, 0.15) is 23.7 Å². The summed E-state index contributed by atoms with van der Waals surface area (Å²) >= 11 is 0. The van der Waals surface area contributed by atoms with Crippen molar-refractivity contribution in [3.63, 3.8) is 0 Å². The zero-order valence-corrected chi connectivity index (χ0v) is 21.3. The Bertz CT molecular complexity index is 884. The second-order valence-electron chi connectivity index (χ2n) is 10.3. The first-order valence-electron chi connectivity index (χ1n) is 12.1. The van der Waals surface area contributed by atoms with E-state index in [1.165, 1.54) is 4.90 Å². The summed E-state index contributed by atoms with van der Waals surface area (Å²) in [7, 11) is 0. The van der Waals surface area contributed by atoms with Gasteiger partial charge in [-0.1, -0.05) is 44.2 Å². The van der Waals surface area contributed by atoms with Gasteiger partial charge in [0, 0.05) is 13.0 Å². The summed E-state index contributed by atoms with van der Waals surface area (Å²) in [4.78, 5) is 52.8. The van der Waals surface area contributed by atoms with Crippen molar-refractivity contribution >= 4 is 23.8 Å². The molecule has 0 radical (unpaired) electrons. The SMILES string of the molecule is CC(C)C[C@H](NC(=O)[C@H](Cc1ccccc1)NC(=O)C1CCCN1C(=O)OC(C)(C)C)C(=O)NN. The van der Waals surface area contributed by atoms with Crippen LogP contribution in [0.3, 0.4) is 0 Å². The molecule has 0 spiro atoms. The molecular weight excluding hydrogens is 450 g/mol. The fraction of sp³-hybridized carbons (Fsp3) is 0.600. The van der Waals surface area contributed by atoms with Crippen LogP contribution in [0.2, 0.25) is 0 Å². The first-order valence-corrected chi connectivity index (χ1v) is 12.1. The average molecular weight is 490 g/mol. The van der Waals surface area contributed by atoms with Crippen molar-refractivity contribution in [3.05, 3.63) is 35.9 Å². The summed E-state index contributed by atoms with van der Waals surface area (Å²) in [5.41, 5.74) is 2.24. The van der Waals surface area contributed by atoms with E-state index in [1.807, 2.05) is 44.2 Å². The molecule has 35 heavy (non-hydrogen) atoms. The molecule has 10 nitrogen and oxygen atoms in total. The van der Waals surface area contributed by atoms with Crippen molar-refractivity contribution in [2.24, 2.45) is 11.8 Å². The van der Waals surface area contributed by atoms with Gasteiger partial charge in [-0.15, -0.1) is 0 Å². The molecule has 3 atom stereocenters. The molecule has 5 N–H and O–H groups in total. The second-order valence-corrected chi connectivity index (χ2v) is 10.3. The van der Waals surface area contributed by atoms with Gasteiger partial charge in [0.05, 0.1) is 0 Å². The van der Waals surface area contributed by atoms with Crippen LogP contribution >= 0.6 is 0 Å². The fourth-order valence-corrected chi connectivity index (χ4v) is 3.98. The highest BCUT2D eigenvalue weighted by Gasteiger charge is 2.38. The summed E-state index contributed by atoms with van der Waals surface area (Å²) in [6.45, 7) is 9.55. The molecule has 2 rings (SSSR count). The Labute approximate surface area is 207 Å². The Morgan fingerprint density at radius 1 is 1.06 bits per heavy atom. The van der Waals surface area contributed by atoms with Gasteiger partial charge >= 0.3 is 6.09 Å². The minimum Gasteiger partial charge on any atom is -0.444 e. The molecule has 1 unspecified atom stereocenters. The molecule has 1 saturated heterocycles. The molecule has 0 saturated carbocycles. The van der Waals surface area contributed by atoms with Crippen LogP contribution < -0.4 is 21.9 Å². The molecule has 1 aromatic carbocycles. The molecule has 0 aromatic heterocycles. The van der Waals surface area contributed by atoms with Crippen LogP contribution in [0.1, 0.15) is 59.4 Å². The largest absolute Gasteiger partial charge is 0.444 e. The number of amides is 4. The van der Waals surface area contributed by atoms with Gasteiger partial charge in [0.2, 0.25) is 11.8 Å². The van der Waals surface area contributed by atoms with E-state index in [2.05, 4.69) is 16.1 Å². The maximum Gasteiger partial charge on any atom is 0.410 e. The number of nitrogens with two attached hydrogens (primary N) is 1. The first kappa shape index (κ1) is 28.1. The van der Waals surface area contributed by atoms with Crippen molar-refractivity contribution in [3.8, 4) is 0 Å². The van der Waals surface area contributed by atoms with Gasteiger partial charge in [-0.05, 0) is 51.5 Å². The number of rotatable bonds is 9. The highest BCUT2D eigenvalue weighted by molar-refractivity contribution is 5.94. The zero-order valence-electron chi connectivity index (χ0n) is 21.3. The van der Waals surface area contributed by atoms with Gasteiger partial charge in [-0.2, -0.15) is 0 Å². The van der Waals surface area contributed by atoms with E-state index in [0.29, 0.717) is 25.8 Å². The first-order chi connectivity index (χ1) is 16.4. The van der Waals surface area contributed by atoms with Gasteiger partial charge in [-0.3, -0.25) is 24.7 Å². The lowest BCUT2D eigenvalue weighted by atomic mass is 10.0. The van der Waals surface area contributed by atoms with Crippen molar-refractivity contribution in [1.82, 2.24) is 21.0 Å². The van der Waals surface area contributed by atoms with Gasteiger partial charge in [-0.25, -0.2) is 10.6 Å². The predicted octanol–water partition coefficient (Wildman–Crippen LogP) is 1.63. The van der Waals surface area contributed by atoms with Crippen LogP contribution in [0.15, 0.2) is 30.3 Å². The molecule has 4 amide bonds. The smallest absolute Gasteiger partial charge is 0.410 e. The average Bonchev–Trinajstić information content (AvgIpc) is 3.27. The minimum absolute atomic E-state index is 0.126. The third-order valence-corrected chi connectivity index (χ3v) is 5.58. The van der Waals surface area contributed by atoms with Crippen molar-refractivity contribution in [2.75, 3.05) is 6.54 Å². The fourth-order valence-electron chi connectivity index (χ4n) is 3.98. The molecule has 0 aliphatic carbocycles. The zero-order chi connectivity index (χ0) is 26.2. The third-order valence-electron chi connectivity index (χ3n) is 5.58.